The quantitative estimate of drug-likeness (QED) is 0.291. The van der Waals surface area contributed by atoms with Crippen molar-refractivity contribution in [2.75, 3.05) is 46.3 Å². The Labute approximate surface area is 178 Å². The Kier molecular flexibility index (Phi) is 9.06. The van der Waals surface area contributed by atoms with E-state index < -0.39 is 11.5 Å². The Morgan fingerprint density at radius 2 is 1.90 bits per heavy atom. The van der Waals surface area contributed by atoms with E-state index in [0.717, 1.165) is 30.5 Å². The number of fused-ring (bicyclic) bond motifs is 1. The van der Waals surface area contributed by atoms with Crippen molar-refractivity contribution < 1.29 is 24.1 Å². The minimum absolute atomic E-state index is 0.0563. The lowest BCUT2D eigenvalue weighted by atomic mass is 9.90. The number of halogens is 1. The van der Waals surface area contributed by atoms with Gasteiger partial charge in [-0.2, -0.15) is 0 Å². The number of nitrogens with one attached hydrogen (secondary N) is 2. The topological polar surface area (TPSA) is 87.9 Å². The lowest BCUT2D eigenvalue weighted by Gasteiger charge is -2.26. The summed E-state index contributed by atoms with van der Waals surface area (Å²) in [6, 6.07) is 5.19. The van der Waals surface area contributed by atoms with Gasteiger partial charge in [0.05, 0.1) is 30.5 Å². The summed E-state index contributed by atoms with van der Waals surface area (Å²) in [7, 11) is 4.90. The summed E-state index contributed by atoms with van der Waals surface area (Å²) in [5.41, 5.74) is 1.44. The normalized spacial score (nSPS) is 13.4. The molecule has 1 aromatic heterocycles. The molecule has 1 atom stereocenters. The molecular formula is C22H36FN3O4. The van der Waals surface area contributed by atoms with Crippen LogP contribution in [0.3, 0.4) is 0 Å². The molecule has 0 bridgehead atoms. The average molecular weight is 426 g/mol. The van der Waals surface area contributed by atoms with Crippen LogP contribution in [0.2, 0.25) is 0 Å². The van der Waals surface area contributed by atoms with Crippen LogP contribution >= 0.6 is 0 Å². The summed E-state index contributed by atoms with van der Waals surface area (Å²) in [5.74, 6) is -0.351. The van der Waals surface area contributed by atoms with Crippen LogP contribution in [0.5, 0.6) is 0 Å². The van der Waals surface area contributed by atoms with Crippen LogP contribution in [0.25, 0.3) is 10.9 Å². The molecule has 0 aliphatic rings. The first-order chi connectivity index (χ1) is 14.3. The second-order valence-electron chi connectivity index (χ2n) is 8.22. The molecule has 4 N–H and O–H groups in total. The lowest BCUT2D eigenvalue weighted by Crippen LogP contribution is -2.33. The number of aliphatic hydroxyl groups is 2. The lowest BCUT2D eigenvalue weighted by molar-refractivity contribution is -0.106. The molecule has 0 aliphatic heterocycles. The molecule has 0 saturated carbocycles. The highest BCUT2D eigenvalue weighted by Gasteiger charge is 2.26. The predicted octanol–water partition coefficient (Wildman–Crippen LogP) is 2.44. The Bertz CT molecular complexity index is 805. The molecule has 7 nitrogen and oxygen atoms in total. The van der Waals surface area contributed by atoms with E-state index >= 15 is 0 Å². The number of rotatable bonds is 13. The number of hydrogen-bond donors (Lipinski definition) is 4. The molecule has 1 aromatic carbocycles. The summed E-state index contributed by atoms with van der Waals surface area (Å²) in [6.45, 7) is 5.23. The number of methoxy groups -OCH3 is 2. The molecule has 0 fully saturated rings. The third-order valence-corrected chi connectivity index (χ3v) is 5.44. The predicted molar refractivity (Wildman–Crippen MR) is 117 cm³/mol. The third-order valence-electron chi connectivity index (χ3n) is 5.44. The maximum absolute atomic E-state index is 14.4. The second kappa shape index (κ2) is 11.1. The fourth-order valence-corrected chi connectivity index (χ4v) is 3.58. The maximum atomic E-state index is 14.4. The van der Waals surface area contributed by atoms with Gasteiger partial charge in [0.15, 0.2) is 6.29 Å². The van der Waals surface area contributed by atoms with E-state index in [1.807, 2.05) is 24.5 Å². The highest BCUT2D eigenvalue weighted by Crippen LogP contribution is 2.32. The molecule has 170 valence electrons. The van der Waals surface area contributed by atoms with Gasteiger partial charge >= 0.3 is 0 Å². The van der Waals surface area contributed by atoms with Gasteiger partial charge in [0, 0.05) is 50.4 Å². The fraction of sp³-hybridized carbons (Fsp3) is 0.636. The average Bonchev–Trinajstić information content (AvgIpc) is 3.08. The van der Waals surface area contributed by atoms with Crippen LogP contribution in [0.15, 0.2) is 18.2 Å². The number of aliphatic hydroxyl groups excluding tert-OH is 2. The summed E-state index contributed by atoms with van der Waals surface area (Å²) >= 11 is 0. The SMILES string of the molecule is CNc1cc2cc(C(C)(C)CO)n(CC(O)CNCCCC(OC)OC)c2cc1F. The van der Waals surface area contributed by atoms with Gasteiger partial charge in [0.1, 0.15) is 5.82 Å². The molecule has 0 radical (unpaired) electrons. The van der Waals surface area contributed by atoms with Crippen LogP contribution in [-0.4, -0.2) is 68.1 Å². The van der Waals surface area contributed by atoms with Gasteiger partial charge in [-0.15, -0.1) is 0 Å². The monoisotopic (exact) mass is 425 g/mol. The number of ether oxygens (including phenoxy) is 2. The molecule has 0 aliphatic carbocycles. The minimum Gasteiger partial charge on any atom is -0.395 e. The van der Waals surface area contributed by atoms with Gasteiger partial charge in [-0.05, 0) is 31.5 Å². The number of nitrogens with zero attached hydrogens (tertiary/aromatic N) is 1. The molecule has 0 saturated heterocycles. The Hall–Kier alpha value is -1.71. The van der Waals surface area contributed by atoms with E-state index in [0.29, 0.717) is 24.3 Å². The van der Waals surface area contributed by atoms with Gasteiger partial charge < -0.3 is 34.9 Å². The Morgan fingerprint density at radius 1 is 1.20 bits per heavy atom. The van der Waals surface area contributed by atoms with E-state index in [9.17, 15) is 14.6 Å². The standard InChI is InChI=1S/C22H36FN3O4/c1-22(2,14-27)20-10-15-9-18(24-3)17(23)11-19(15)26(20)13-16(28)12-25-8-6-7-21(29-4)30-5/h9-11,16,21,24-25,27-28H,6-8,12-14H2,1-5H3. The summed E-state index contributed by atoms with van der Waals surface area (Å²) < 4.78 is 26.6. The Morgan fingerprint density at radius 3 is 2.50 bits per heavy atom. The number of hydrogen-bond acceptors (Lipinski definition) is 6. The molecule has 8 heteroatoms. The zero-order valence-corrected chi connectivity index (χ0v) is 18.7. The molecule has 1 heterocycles. The molecular weight excluding hydrogens is 389 g/mol. The molecule has 30 heavy (non-hydrogen) atoms. The van der Waals surface area contributed by atoms with E-state index in [4.69, 9.17) is 9.47 Å². The smallest absolute Gasteiger partial charge is 0.156 e. The van der Waals surface area contributed by atoms with E-state index in [-0.39, 0.29) is 18.7 Å². The molecule has 0 spiro atoms. The molecule has 2 aromatic rings. The van der Waals surface area contributed by atoms with Crippen molar-refractivity contribution >= 4 is 16.6 Å². The van der Waals surface area contributed by atoms with Crippen molar-refractivity contribution in [2.45, 2.75) is 51.0 Å². The molecule has 2 rings (SSSR count). The number of benzene rings is 1. The van der Waals surface area contributed by atoms with Crippen molar-refractivity contribution in [3.8, 4) is 0 Å². The summed E-state index contributed by atoms with van der Waals surface area (Å²) in [6.07, 6.45) is 0.734. The zero-order chi connectivity index (χ0) is 22.3. The minimum atomic E-state index is -0.665. The number of aromatic nitrogens is 1. The van der Waals surface area contributed by atoms with Gasteiger partial charge in [-0.1, -0.05) is 13.8 Å². The highest BCUT2D eigenvalue weighted by atomic mass is 19.1. The van der Waals surface area contributed by atoms with Crippen LogP contribution in [0.1, 0.15) is 32.4 Å². The van der Waals surface area contributed by atoms with Crippen molar-refractivity contribution in [2.24, 2.45) is 0 Å². The first-order valence-corrected chi connectivity index (χ1v) is 10.3. The maximum Gasteiger partial charge on any atom is 0.156 e. The molecule has 0 amide bonds. The van der Waals surface area contributed by atoms with Crippen molar-refractivity contribution in [1.82, 2.24) is 9.88 Å². The fourth-order valence-electron chi connectivity index (χ4n) is 3.58. The van der Waals surface area contributed by atoms with Crippen LogP contribution in [0.4, 0.5) is 10.1 Å². The second-order valence-corrected chi connectivity index (χ2v) is 8.22. The number of anilines is 1. The van der Waals surface area contributed by atoms with Crippen LogP contribution in [-0.2, 0) is 21.4 Å². The van der Waals surface area contributed by atoms with Crippen molar-refractivity contribution in [3.05, 3.63) is 29.7 Å². The van der Waals surface area contributed by atoms with Crippen molar-refractivity contribution in [1.29, 1.82) is 0 Å². The largest absolute Gasteiger partial charge is 0.395 e. The van der Waals surface area contributed by atoms with Gasteiger partial charge in [-0.3, -0.25) is 0 Å². The molecule has 1 unspecified atom stereocenters. The summed E-state index contributed by atoms with van der Waals surface area (Å²) in [5, 5.41) is 27.5. The van der Waals surface area contributed by atoms with E-state index in [1.165, 1.54) is 6.07 Å². The first-order valence-electron chi connectivity index (χ1n) is 10.3. The van der Waals surface area contributed by atoms with Gasteiger partial charge in [0.25, 0.3) is 0 Å². The van der Waals surface area contributed by atoms with E-state index in [1.54, 1.807) is 27.3 Å². The zero-order valence-electron chi connectivity index (χ0n) is 18.7. The third kappa shape index (κ3) is 5.92. The van der Waals surface area contributed by atoms with Gasteiger partial charge in [0.2, 0.25) is 0 Å². The van der Waals surface area contributed by atoms with Crippen LogP contribution in [0, 0.1) is 5.82 Å². The summed E-state index contributed by atoms with van der Waals surface area (Å²) in [4.78, 5) is 0. The highest BCUT2D eigenvalue weighted by molar-refractivity contribution is 5.85. The van der Waals surface area contributed by atoms with E-state index in [2.05, 4.69) is 10.6 Å². The van der Waals surface area contributed by atoms with Crippen molar-refractivity contribution in [3.63, 3.8) is 0 Å². The first kappa shape index (κ1) is 24.6. The van der Waals surface area contributed by atoms with Gasteiger partial charge in [-0.25, -0.2) is 4.39 Å². The van der Waals surface area contributed by atoms with Crippen LogP contribution < -0.4 is 10.6 Å². The Balaban J connectivity index is 2.13.